The lowest BCUT2D eigenvalue weighted by molar-refractivity contribution is -0.132. The summed E-state index contributed by atoms with van der Waals surface area (Å²) in [6, 6.07) is 0. The number of carbonyl (C=O) groups excluding carboxylic acids is 1. The molecule has 0 heterocycles. The van der Waals surface area contributed by atoms with Crippen LogP contribution in [0.1, 0.15) is 47.5 Å². The quantitative estimate of drug-likeness (QED) is 0.745. The van der Waals surface area contributed by atoms with E-state index in [1.54, 1.807) is 4.90 Å². The van der Waals surface area contributed by atoms with E-state index in [0.29, 0.717) is 23.9 Å². The molecule has 0 saturated carbocycles. The molecule has 0 fully saturated rings. The highest BCUT2D eigenvalue weighted by atomic mass is 32.1. The Balaban J connectivity index is 4.47. The van der Waals surface area contributed by atoms with Crippen LogP contribution in [-0.2, 0) is 4.79 Å². The average molecular weight is 258 g/mol. The van der Waals surface area contributed by atoms with Gasteiger partial charge in [0.05, 0.1) is 11.5 Å². The van der Waals surface area contributed by atoms with Gasteiger partial charge in [0.15, 0.2) is 0 Å². The molecule has 1 amide bonds. The molecule has 0 bridgehead atoms. The third-order valence-electron chi connectivity index (χ3n) is 3.15. The number of nitrogens with zero attached hydrogens (tertiary/aromatic N) is 1. The summed E-state index contributed by atoms with van der Waals surface area (Å²) in [4.78, 5) is 14.3. The van der Waals surface area contributed by atoms with Crippen molar-refractivity contribution in [2.75, 3.05) is 13.1 Å². The van der Waals surface area contributed by atoms with Gasteiger partial charge < -0.3 is 10.6 Å². The van der Waals surface area contributed by atoms with Gasteiger partial charge in [-0.15, -0.1) is 0 Å². The first-order valence-electron chi connectivity index (χ1n) is 6.24. The summed E-state index contributed by atoms with van der Waals surface area (Å²) in [5.41, 5.74) is 5.67. The Bertz CT molecular complexity index is 271. The van der Waals surface area contributed by atoms with Gasteiger partial charge in [-0.1, -0.05) is 46.8 Å². The molecule has 0 aromatic rings. The molecule has 0 aliphatic rings. The molecule has 2 N–H and O–H groups in total. The van der Waals surface area contributed by atoms with E-state index in [0.717, 1.165) is 13.0 Å². The Kier molecular flexibility index (Phi) is 6.68. The molecule has 0 radical (unpaired) electrons. The summed E-state index contributed by atoms with van der Waals surface area (Å²) in [7, 11) is 0. The Morgan fingerprint density at radius 2 is 1.94 bits per heavy atom. The van der Waals surface area contributed by atoms with E-state index in [1.165, 1.54) is 0 Å². The zero-order valence-corrected chi connectivity index (χ0v) is 12.6. The van der Waals surface area contributed by atoms with Gasteiger partial charge >= 0.3 is 0 Å². The van der Waals surface area contributed by atoms with Crippen molar-refractivity contribution in [1.82, 2.24) is 4.90 Å². The summed E-state index contributed by atoms with van der Waals surface area (Å²) in [5, 5.41) is 0. The first kappa shape index (κ1) is 16.4. The number of hydrogen-bond donors (Lipinski definition) is 1. The molecule has 1 unspecified atom stereocenters. The molecule has 0 rings (SSSR count). The van der Waals surface area contributed by atoms with Crippen molar-refractivity contribution in [3.05, 3.63) is 0 Å². The fourth-order valence-corrected chi connectivity index (χ4v) is 1.60. The lowest BCUT2D eigenvalue weighted by Crippen LogP contribution is -2.39. The fraction of sp³-hybridized carbons (Fsp3) is 0.846. The minimum Gasteiger partial charge on any atom is -0.392 e. The highest BCUT2D eigenvalue weighted by Gasteiger charge is 2.24. The minimum atomic E-state index is 0.150. The molecule has 0 saturated heterocycles. The van der Waals surface area contributed by atoms with Crippen molar-refractivity contribution >= 4 is 23.1 Å². The average Bonchev–Trinajstić information content (AvgIpc) is 2.14. The highest BCUT2D eigenvalue weighted by Crippen LogP contribution is 2.28. The third kappa shape index (κ3) is 6.61. The van der Waals surface area contributed by atoms with Crippen LogP contribution in [0.25, 0.3) is 0 Å². The molecule has 0 aromatic heterocycles. The van der Waals surface area contributed by atoms with Gasteiger partial charge in [0, 0.05) is 13.0 Å². The topological polar surface area (TPSA) is 46.3 Å². The van der Waals surface area contributed by atoms with Crippen LogP contribution in [0, 0.1) is 11.3 Å². The van der Waals surface area contributed by atoms with E-state index in [9.17, 15) is 4.79 Å². The lowest BCUT2D eigenvalue weighted by atomic mass is 9.80. The fourth-order valence-electron chi connectivity index (χ4n) is 1.45. The van der Waals surface area contributed by atoms with Gasteiger partial charge in [-0.05, 0) is 17.8 Å². The first-order chi connectivity index (χ1) is 7.68. The molecule has 100 valence electrons. The number of rotatable bonds is 6. The van der Waals surface area contributed by atoms with Crippen molar-refractivity contribution in [1.29, 1.82) is 0 Å². The number of nitrogens with two attached hydrogens (primary N) is 1. The van der Waals surface area contributed by atoms with Crippen LogP contribution < -0.4 is 5.73 Å². The van der Waals surface area contributed by atoms with Gasteiger partial charge in [0.25, 0.3) is 0 Å². The zero-order valence-electron chi connectivity index (χ0n) is 11.7. The molecule has 0 aliphatic carbocycles. The van der Waals surface area contributed by atoms with E-state index in [2.05, 4.69) is 27.7 Å². The molecule has 0 spiro atoms. The van der Waals surface area contributed by atoms with Crippen LogP contribution in [0.5, 0.6) is 0 Å². The summed E-state index contributed by atoms with van der Waals surface area (Å²) < 4.78 is 0. The summed E-state index contributed by atoms with van der Waals surface area (Å²) in [6.07, 6.45) is 1.49. The maximum atomic E-state index is 12.1. The molecular weight excluding hydrogens is 232 g/mol. The smallest absolute Gasteiger partial charge is 0.223 e. The Hall–Kier alpha value is -0.640. The molecule has 3 nitrogen and oxygen atoms in total. The Labute approximate surface area is 111 Å². The van der Waals surface area contributed by atoms with Crippen molar-refractivity contribution in [2.45, 2.75) is 47.5 Å². The van der Waals surface area contributed by atoms with Crippen LogP contribution in [0.4, 0.5) is 0 Å². The van der Waals surface area contributed by atoms with Crippen LogP contribution in [-0.4, -0.2) is 28.9 Å². The number of hydrogen-bond acceptors (Lipinski definition) is 2. The van der Waals surface area contributed by atoms with Crippen molar-refractivity contribution < 1.29 is 4.79 Å². The monoisotopic (exact) mass is 258 g/mol. The van der Waals surface area contributed by atoms with Crippen molar-refractivity contribution in [3.8, 4) is 0 Å². The summed E-state index contributed by atoms with van der Waals surface area (Å²) in [6.45, 7) is 11.8. The molecule has 1 atom stereocenters. The van der Waals surface area contributed by atoms with E-state index >= 15 is 0 Å². The van der Waals surface area contributed by atoms with Gasteiger partial charge in [0.2, 0.25) is 5.91 Å². The summed E-state index contributed by atoms with van der Waals surface area (Å²) in [5.74, 6) is 0.503. The predicted octanol–water partition coefficient (Wildman–Crippen LogP) is 2.58. The number of amides is 1. The largest absolute Gasteiger partial charge is 0.392 e. The minimum absolute atomic E-state index is 0.150. The molecular formula is C13H26N2OS. The first-order valence-corrected chi connectivity index (χ1v) is 6.65. The van der Waals surface area contributed by atoms with Crippen molar-refractivity contribution in [2.24, 2.45) is 17.1 Å². The Morgan fingerprint density at radius 1 is 1.41 bits per heavy atom. The summed E-state index contributed by atoms with van der Waals surface area (Å²) >= 11 is 4.88. The SMILES string of the molecule is CCCN(CC(N)=S)C(=O)CC(C)C(C)(C)C. The maximum absolute atomic E-state index is 12.1. The number of thiocarbonyl (C=S) groups is 1. The van der Waals surface area contributed by atoms with Crippen LogP contribution in [0.15, 0.2) is 0 Å². The second kappa shape index (κ2) is 6.94. The predicted molar refractivity (Wildman–Crippen MR) is 76.9 cm³/mol. The maximum Gasteiger partial charge on any atom is 0.223 e. The highest BCUT2D eigenvalue weighted by molar-refractivity contribution is 7.80. The Morgan fingerprint density at radius 3 is 2.29 bits per heavy atom. The standard InChI is InChI=1S/C13H26N2OS/c1-6-7-15(9-11(14)17)12(16)8-10(2)13(3,4)5/h10H,6-9H2,1-5H3,(H2,14,17). The third-order valence-corrected chi connectivity index (χ3v) is 3.28. The van der Waals surface area contributed by atoms with Crippen molar-refractivity contribution in [3.63, 3.8) is 0 Å². The second-order valence-electron chi connectivity index (χ2n) is 5.75. The lowest BCUT2D eigenvalue weighted by Gasteiger charge is -2.29. The molecule has 17 heavy (non-hydrogen) atoms. The van der Waals surface area contributed by atoms with Crippen LogP contribution in [0.2, 0.25) is 0 Å². The van der Waals surface area contributed by atoms with Gasteiger partial charge in [-0.2, -0.15) is 0 Å². The zero-order chi connectivity index (χ0) is 13.6. The molecule has 0 aromatic carbocycles. The van der Waals surface area contributed by atoms with Gasteiger partial charge in [-0.3, -0.25) is 4.79 Å². The van der Waals surface area contributed by atoms with E-state index < -0.39 is 0 Å². The van der Waals surface area contributed by atoms with E-state index in [1.807, 2.05) is 6.92 Å². The van der Waals surface area contributed by atoms with Crippen LogP contribution in [0.3, 0.4) is 0 Å². The van der Waals surface area contributed by atoms with Gasteiger partial charge in [-0.25, -0.2) is 0 Å². The van der Waals surface area contributed by atoms with E-state index in [4.69, 9.17) is 18.0 Å². The van der Waals surface area contributed by atoms with E-state index in [-0.39, 0.29) is 11.3 Å². The molecule has 4 heteroatoms. The second-order valence-corrected chi connectivity index (χ2v) is 6.28. The number of carbonyl (C=O) groups is 1. The van der Waals surface area contributed by atoms with Gasteiger partial charge in [0.1, 0.15) is 0 Å². The van der Waals surface area contributed by atoms with Crippen LogP contribution >= 0.6 is 12.2 Å². The normalized spacial score (nSPS) is 13.2. The molecule has 0 aliphatic heterocycles.